The van der Waals surface area contributed by atoms with E-state index in [4.69, 9.17) is 4.74 Å². The van der Waals surface area contributed by atoms with Crippen molar-refractivity contribution in [3.05, 3.63) is 23.9 Å². The number of nitrogens with one attached hydrogen (secondary N) is 1. The lowest BCUT2D eigenvalue weighted by atomic mass is 9.89. The summed E-state index contributed by atoms with van der Waals surface area (Å²) < 4.78 is 5.17. The predicted octanol–water partition coefficient (Wildman–Crippen LogP) is 1.95. The van der Waals surface area contributed by atoms with Gasteiger partial charge in [-0.3, -0.25) is 4.90 Å². The summed E-state index contributed by atoms with van der Waals surface area (Å²) in [7, 11) is 1.65. The van der Waals surface area contributed by atoms with Gasteiger partial charge in [0.1, 0.15) is 0 Å². The smallest absolute Gasteiger partial charge is 0.213 e. The number of methoxy groups -OCH3 is 1. The Bertz CT molecular complexity index is 489. The van der Waals surface area contributed by atoms with Crippen LogP contribution in [0.5, 0.6) is 5.88 Å². The second-order valence-electron chi connectivity index (χ2n) is 6.78. The average molecular weight is 319 g/mol. The van der Waals surface area contributed by atoms with Gasteiger partial charge >= 0.3 is 0 Å². The highest BCUT2D eigenvalue weighted by Gasteiger charge is 2.31. The molecule has 0 radical (unpaired) electrons. The van der Waals surface area contributed by atoms with Crippen molar-refractivity contribution in [3.63, 3.8) is 0 Å². The van der Waals surface area contributed by atoms with Gasteiger partial charge in [-0.15, -0.1) is 0 Å². The van der Waals surface area contributed by atoms with Crippen LogP contribution in [0.25, 0.3) is 0 Å². The number of aromatic nitrogens is 1. The normalized spacial score (nSPS) is 27.0. The van der Waals surface area contributed by atoms with E-state index in [1.165, 1.54) is 12.8 Å². The van der Waals surface area contributed by atoms with Crippen molar-refractivity contribution >= 4 is 0 Å². The van der Waals surface area contributed by atoms with Crippen molar-refractivity contribution in [2.45, 2.75) is 63.3 Å². The maximum absolute atomic E-state index is 10.2. The summed E-state index contributed by atoms with van der Waals surface area (Å²) >= 11 is 0. The molecule has 5 heteroatoms. The summed E-state index contributed by atoms with van der Waals surface area (Å²) in [4.78, 5) is 6.95. The number of likely N-dealkylation sites (tertiary alicyclic amines) is 1. The molecule has 23 heavy (non-hydrogen) atoms. The molecular weight excluding hydrogens is 290 g/mol. The molecule has 0 unspecified atom stereocenters. The zero-order valence-corrected chi connectivity index (χ0v) is 14.1. The van der Waals surface area contributed by atoms with E-state index in [9.17, 15) is 5.11 Å². The van der Waals surface area contributed by atoms with Gasteiger partial charge in [0.05, 0.1) is 18.9 Å². The maximum atomic E-state index is 10.2. The summed E-state index contributed by atoms with van der Waals surface area (Å²) in [5.74, 6) is 0.672. The first-order chi connectivity index (χ1) is 11.3. The predicted molar refractivity (Wildman–Crippen MR) is 90.5 cm³/mol. The molecule has 1 aromatic heterocycles. The van der Waals surface area contributed by atoms with E-state index in [2.05, 4.69) is 15.2 Å². The summed E-state index contributed by atoms with van der Waals surface area (Å²) in [6, 6.07) is 6.82. The van der Waals surface area contributed by atoms with Crippen molar-refractivity contribution in [3.8, 4) is 5.88 Å². The summed E-state index contributed by atoms with van der Waals surface area (Å²) in [6.45, 7) is 2.96. The van der Waals surface area contributed by atoms with E-state index >= 15 is 0 Å². The van der Waals surface area contributed by atoms with E-state index in [-0.39, 0.29) is 6.10 Å². The number of piperidine rings is 1. The first kappa shape index (κ1) is 16.7. The maximum Gasteiger partial charge on any atom is 0.213 e. The van der Waals surface area contributed by atoms with Crippen molar-refractivity contribution < 1.29 is 9.84 Å². The van der Waals surface area contributed by atoms with Crippen LogP contribution in [0.4, 0.5) is 0 Å². The number of pyridine rings is 1. The minimum Gasteiger partial charge on any atom is -0.481 e. The lowest BCUT2D eigenvalue weighted by Gasteiger charge is -2.41. The summed E-state index contributed by atoms with van der Waals surface area (Å²) in [5, 5.41) is 13.8. The molecule has 1 aliphatic carbocycles. The molecule has 128 valence electrons. The highest BCUT2D eigenvalue weighted by atomic mass is 16.5. The van der Waals surface area contributed by atoms with Gasteiger partial charge in [0.2, 0.25) is 5.88 Å². The van der Waals surface area contributed by atoms with Crippen LogP contribution in [0.3, 0.4) is 0 Å². The fourth-order valence-corrected chi connectivity index (χ4v) is 3.87. The average Bonchev–Trinajstić information content (AvgIpc) is 2.61. The van der Waals surface area contributed by atoms with E-state index in [1.54, 1.807) is 7.11 Å². The number of hydrogen-bond acceptors (Lipinski definition) is 5. The highest BCUT2D eigenvalue weighted by molar-refractivity contribution is 5.15. The SMILES string of the molecule is COc1cccc(CNC2CCN([C@@H]3CCCC[C@H]3O)CC2)n1. The van der Waals surface area contributed by atoms with Gasteiger partial charge < -0.3 is 15.2 Å². The van der Waals surface area contributed by atoms with Gasteiger partial charge in [0.25, 0.3) is 0 Å². The van der Waals surface area contributed by atoms with E-state index in [0.29, 0.717) is 18.0 Å². The Kier molecular flexibility index (Phi) is 5.86. The molecule has 0 amide bonds. The molecular formula is C18H29N3O2. The molecule has 2 aliphatic rings. The van der Waals surface area contributed by atoms with Crippen LogP contribution in [0.15, 0.2) is 18.2 Å². The third kappa shape index (κ3) is 4.43. The molecule has 0 aromatic carbocycles. The number of aliphatic hydroxyl groups excluding tert-OH is 1. The van der Waals surface area contributed by atoms with Crippen LogP contribution in [0, 0.1) is 0 Å². The fraction of sp³-hybridized carbons (Fsp3) is 0.722. The van der Waals surface area contributed by atoms with Crippen LogP contribution in [-0.2, 0) is 6.54 Å². The van der Waals surface area contributed by atoms with Crippen LogP contribution in [0.1, 0.15) is 44.2 Å². The second kappa shape index (κ2) is 8.08. The zero-order valence-electron chi connectivity index (χ0n) is 14.1. The molecule has 2 N–H and O–H groups in total. The Morgan fingerprint density at radius 3 is 2.74 bits per heavy atom. The van der Waals surface area contributed by atoms with Gasteiger partial charge in [-0.25, -0.2) is 4.98 Å². The standard InChI is InChI=1S/C18H29N3O2/c1-23-18-8-4-5-15(20-18)13-19-14-9-11-21(12-10-14)16-6-2-3-7-17(16)22/h4-5,8,14,16-17,19,22H,2-3,6-7,9-13H2,1H3/t16-,17-/m1/s1. The Hall–Kier alpha value is -1.17. The quantitative estimate of drug-likeness (QED) is 0.869. The highest BCUT2D eigenvalue weighted by Crippen LogP contribution is 2.26. The third-order valence-electron chi connectivity index (χ3n) is 5.25. The molecule has 5 nitrogen and oxygen atoms in total. The molecule has 1 saturated carbocycles. The van der Waals surface area contributed by atoms with E-state index < -0.39 is 0 Å². The first-order valence-electron chi connectivity index (χ1n) is 8.91. The molecule has 1 aromatic rings. The molecule has 1 aliphatic heterocycles. The minimum atomic E-state index is -0.116. The zero-order chi connectivity index (χ0) is 16.1. The number of aliphatic hydroxyl groups is 1. The summed E-state index contributed by atoms with van der Waals surface area (Å²) in [6.07, 6.45) is 6.76. The van der Waals surface area contributed by atoms with Gasteiger partial charge in [-0.05, 0) is 31.7 Å². The minimum absolute atomic E-state index is 0.116. The van der Waals surface area contributed by atoms with Crippen LogP contribution < -0.4 is 10.1 Å². The lowest BCUT2D eigenvalue weighted by molar-refractivity contribution is 0.00712. The number of nitrogens with zero attached hydrogens (tertiary/aromatic N) is 2. The van der Waals surface area contributed by atoms with Crippen molar-refractivity contribution in [1.82, 2.24) is 15.2 Å². The molecule has 0 spiro atoms. The van der Waals surface area contributed by atoms with Gasteiger partial charge in [-0.2, -0.15) is 0 Å². The van der Waals surface area contributed by atoms with E-state index in [0.717, 1.165) is 51.0 Å². The van der Waals surface area contributed by atoms with Crippen molar-refractivity contribution in [2.24, 2.45) is 0 Å². The van der Waals surface area contributed by atoms with Gasteiger partial charge in [-0.1, -0.05) is 18.9 Å². The number of rotatable bonds is 5. The Morgan fingerprint density at radius 1 is 1.22 bits per heavy atom. The van der Waals surface area contributed by atoms with Crippen LogP contribution in [0.2, 0.25) is 0 Å². The van der Waals surface area contributed by atoms with Crippen molar-refractivity contribution in [1.29, 1.82) is 0 Å². The monoisotopic (exact) mass is 319 g/mol. The van der Waals surface area contributed by atoms with Crippen LogP contribution >= 0.6 is 0 Å². The fourth-order valence-electron chi connectivity index (χ4n) is 3.87. The third-order valence-corrected chi connectivity index (χ3v) is 5.25. The van der Waals surface area contributed by atoms with Gasteiger partial charge in [0.15, 0.2) is 0 Å². The second-order valence-corrected chi connectivity index (χ2v) is 6.78. The van der Waals surface area contributed by atoms with Crippen LogP contribution in [-0.4, -0.2) is 53.4 Å². The molecule has 0 bridgehead atoms. The van der Waals surface area contributed by atoms with Gasteiger partial charge in [0, 0.05) is 37.8 Å². The first-order valence-corrected chi connectivity index (χ1v) is 8.91. The van der Waals surface area contributed by atoms with E-state index in [1.807, 2.05) is 18.2 Å². The van der Waals surface area contributed by atoms with Crippen molar-refractivity contribution in [2.75, 3.05) is 20.2 Å². The number of hydrogen-bond donors (Lipinski definition) is 2. The molecule has 2 heterocycles. The Balaban J connectivity index is 1.43. The molecule has 3 rings (SSSR count). The Morgan fingerprint density at radius 2 is 2.00 bits per heavy atom. The lowest BCUT2D eigenvalue weighted by Crippen LogP contribution is -2.51. The number of ether oxygens (including phenoxy) is 1. The Labute approximate surface area is 139 Å². The largest absolute Gasteiger partial charge is 0.481 e. The molecule has 2 atom stereocenters. The topological polar surface area (TPSA) is 57.6 Å². The molecule has 1 saturated heterocycles. The molecule has 2 fully saturated rings. The summed E-state index contributed by atoms with van der Waals surface area (Å²) in [5.41, 5.74) is 1.02.